The molecule has 0 fully saturated rings. The largest absolute Gasteiger partial charge is 0.300 e. The Morgan fingerprint density at radius 1 is 1.47 bits per heavy atom. The minimum Gasteiger partial charge on any atom is -0.300 e. The lowest BCUT2D eigenvalue weighted by atomic mass is 10.2. The van der Waals surface area contributed by atoms with Gasteiger partial charge in [-0.05, 0) is 42.7 Å². The molecule has 0 saturated heterocycles. The summed E-state index contributed by atoms with van der Waals surface area (Å²) in [5.41, 5.74) is 1.41. The zero-order valence-corrected chi connectivity index (χ0v) is 10.3. The van der Waals surface area contributed by atoms with Crippen LogP contribution < -0.4 is 0 Å². The van der Waals surface area contributed by atoms with Crippen LogP contribution in [0.1, 0.15) is 25.8 Å². The highest BCUT2D eigenvalue weighted by Gasteiger charge is 2.08. The van der Waals surface area contributed by atoms with Gasteiger partial charge < -0.3 is 0 Å². The van der Waals surface area contributed by atoms with Crippen molar-refractivity contribution in [3.05, 3.63) is 22.4 Å². The van der Waals surface area contributed by atoms with Gasteiger partial charge in [-0.1, -0.05) is 0 Å². The standard InChI is InChI=1S/C12H18N2S/c1-11(2)14(7-3-6-13)8-4-12-5-9-15-10-12/h5,9-11H,3-4,7-8H2,1-2H3. The molecule has 0 N–H and O–H groups in total. The highest BCUT2D eigenvalue weighted by molar-refractivity contribution is 7.07. The van der Waals surface area contributed by atoms with E-state index in [1.165, 1.54) is 5.56 Å². The van der Waals surface area contributed by atoms with Crippen molar-refractivity contribution in [2.24, 2.45) is 0 Å². The van der Waals surface area contributed by atoms with Gasteiger partial charge in [0, 0.05) is 25.6 Å². The maximum Gasteiger partial charge on any atom is 0.0635 e. The van der Waals surface area contributed by atoms with E-state index < -0.39 is 0 Å². The van der Waals surface area contributed by atoms with Gasteiger partial charge in [0.25, 0.3) is 0 Å². The maximum absolute atomic E-state index is 8.57. The molecule has 82 valence electrons. The minimum atomic E-state index is 0.525. The highest BCUT2D eigenvalue weighted by Crippen LogP contribution is 2.09. The lowest BCUT2D eigenvalue weighted by Gasteiger charge is -2.25. The molecule has 2 nitrogen and oxygen atoms in total. The zero-order valence-electron chi connectivity index (χ0n) is 9.44. The molecule has 1 aromatic heterocycles. The van der Waals surface area contributed by atoms with Crippen LogP contribution >= 0.6 is 11.3 Å². The molecule has 0 amide bonds. The molecule has 0 atom stereocenters. The third-order valence-corrected chi connectivity index (χ3v) is 3.24. The fourth-order valence-corrected chi connectivity index (χ4v) is 2.23. The van der Waals surface area contributed by atoms with Crippen LogP contribution in [0.2, 0.25) is 0 Å². The van der Waals surface area contributed by atoms with E-state index in [2.05, 4.69) is 41.6 Å². The summed E-state index contributed by atoms with van der Waals surface area (Å²) < 4.78 is 0. The van der Waals surface area contributed by atoms with Crippen molar-refractivity contribution in [2.75, 3.05) is 13.1 Å². The quantitative estimate of drug-likeness (QED) is 0.740. The van der Waals surface area contributed by atoms with Gasteiger partial charge in [-0.25, -0.2) is 0 Å². The molecule has 0 aliphatic heterocycles. The Labute approximate surface area is 96.1 Å². The van der Waals surface area contributed by atoms with E-state index in [0.717, 1.165) is 19.5 Å². The Hall–Kier alpha value is -0.850. The van der Waals surface area contributed by atoms with Crippen molar-refractivity contribution in [1.29, 1.82) is 5.26 Å². The van der Waals surface area contributed by atoms with Gasteiger partial charge in [-0.15, -0.1) is 0 Å². The predicted octanol–water partition coefficient (Wildman–Crippen LogP) is 2.91. The summed E-state index contributed by atoms with van der Waals surface area (Å²) >= 11 is 1.75. The monoisotopic (exact) mass is 222 g/mol. The molecule has 0 radical (unpaired) electrons. The lowest BCUT2D eigenvalue weighted by Crippen LogP contribution is -2.33. The van der Waals surface area contributed by atoms with Gasteiger partial charge >= 0.3 is 0 Å². The Kier molecular flexibility index (Phi) is 5.38. The summed E-state index contributed by atoms with van der Waals surface area (Å²) in [6, 6.07) is 4.91. The minimum absolute atomic E-state index is 0.525. The first kappa shape index (κ1) is 12.2. The second-order valence-electron chi connectivity index (χ2n) is 3.92. The Morgan fingerprint density at radius 2 is 2.27 bits per heavy atom. The lowest BCUT2D eigenvalue weighted by molar-refractivity contribution is 0.229. The first-order valence-corrected chi connectivity index (χ1v) is 6.30. The van der Waals surface area contributed by atoms with Gasteiger partial charge in [0.2, 0.25) is 0 Å². The average molecular weight is 222 g/mol. The van der Waals surface area contributed by atoms with Gasteiger partial charge in [-0.2, -0.15) is 16.6 Å². The van der Waals surface area contributed by atoms with Crippen LogP contribution in [0.25, 0.3) is 0 Å². The summed E-state index contributed by atoms with van der Waals surface area (Å²) in [4.78, 5) is 2.36. The smallest absolute Gasteiger partial charge is 0.0635 e. The fraction of sp³-hybridized carbons (Fsp3) is 0.583. The van der Waals surface area contributed by atoms with Crippen LogP contribution in [-0.2, 0) is 6.42 Å². The van der Waals surface area contributed by atoms with Crippen LogP contribution in [0, 0.1) is 11.3 Å². The van der Waals surface area contributed by atoms with E-state index in [1.807, 2.05) is 0 Å². The fourth-order valence-electron chi connectivity index (χ4n) is 1.53. The topological polar surface area (TPSA) is 27.0 Å². The summed E-state index contributed by atoms with van der Waals surface area (Å²) in [5.74, 6) is 0. The van der Waals surface area contributed by atoms with Crippen molar-refractivity contribution in [1.82, 2.24) is 4.90 Å². The summed E-state index contributed by atoms with van der Waals surface area (Å²) in [7, 11) is 0. The number of hydrogen-bond donors (Lipinski definition) is 0. The van der Waals surface area contributed by atoms with Crippen molar-refractivity contribution in [3.63, 3.8) is 0 Å². The van der Waals surface area contributed by atoms with Crippen molar-refractivity contribution >= 4 is 11.3 Å². The highest BCUT2D eigenvalue weighted by atomic mass is 32.1. The number of nitrogens with zero attached hydrogens (tertiary/aromatic N) is 2. The SMILES string of the molecule is CC(C)N(CCC#N)CCc1ccsc1. The summed E-state index contributed by atoms with van der Waals surface area (Å²) in [5, 5.41) is 12.9. The molecule has 0 spiro atoms. The van der Waals surface area contributed by atoms with E-state index in [4.69, 9.17) is 5.26 Å². The molecule has 0 unspecified atom stereocenters. The first-order valence-electron chi connectivity index (χ1n) is 5.36. The molecule has 1 rings (SSSR count). The van der Waals surface area contributed by atoms with Gasteiger partial charge in [0.05, 0.1) is 6.07 Å². The van der Waals surface area contributed by atoms with Gasteiger partial charge in [0.15, 0.2) is 0 Å². The van der Waals surface area contributed by atoms with Crippen molar-refractivity contribution in [2.45, 2.75) is 32.7 Å². The second-order valence-corrected chi connectivity index (χ2v) is 4.70. The maximum atomic E-state index is 8.57. The first-order chi connectivity index (χ1) is 7.24. The van der Waals surface area contributed by atoms with E-state index in [9.17, 15) is 0 Å². The average Bonchev–Trinajstić information content (AvgIpc) is 2.70. The molecule has 0 saturated carbocycles. The molecule has 0 aromatic carbocycles. The zero-order chi connectivity index (χ0) is 11.1. The normalized spacial score (nSPS) is 10.9. The Bertz CT molecular complexity index is 298. The third-order valence-electron chi connectivity index (χ3n) is 2.51. The third kappa shape index (κ3) is 4.46. The number of hydrogen-bond acceptors (Lipinski definition) is 3. The van der Waals surface area contributed by atoms with E-state index in [1.54, 1.807) is 11.3 Å². The van der Waals surface area contributed by atoms with E-state index >= 15 is 0 Å². The predicted molar refractivity (Wildman–Crippen MR) is 65.0 cm³/mol. The van der Waals surface area contributed by atoms with Gasteiger partial charge in [0.1, 0.15) is 0 Å². The van der Waals surface area contributed by atoms with E-state index in [-0.39, 0.29) is 0 Å². The van der Waals surface area contributed by atoms with Gasteiger partial charge in [-0.3, -0.25) is 4.90 Å². The van der Waals surface area contributed by atoms with Crippen LogP contribution in [0.5, 0.6) is 0 Å². The van der Waals surface area contributed by atoms with Crippen LogP contribution in [0.3, 0.4) is 0 Å². The summed E-state index contributed by atoms with van der Waals surface area (Å²) in [6.45, 7) is 6.31. The van der Waals surface area contributed by atoms with Crippen molar-refractivity contribution < 1.29 is 0 Å². The van der Waals surface area contributed by atoms with Crippen LogP contribution in [-0.4, -0.2) is 24.0 Å². The Morgan fingerprint density at radius 3 is 2.80 bits per heavy atom. The molecule has 0 aliphatic carbocycles. The molecule has 0 bridgehead atoms. The van der Waals surface area contributed by atoms with Crippen LogP contribution in [0.4, 0.5) is 0 Å². The molecule has 15 heavy (non-hydrogen) atoms. The summed E-state index contributed by atoms with van der Waals surface area (Å²) in [6.07, 6.45) is 1.72. The number of thiophene rings is 1. The van der Waals surface area contributed by atoms with Crippen molar-refractivity contribution in [3.8, 4) is 6.07 Å². The number of rotatable bonds is 6. The second kappa shape index (κ2) is 6.60. The van der Waals surface area contributed by atoms with Crippen LogP contribution in [0.15, 0.2) is 16.8 Å². The molecular weight excluding hydrogens is 204 g/mol. The van der Waals surface area contributed by atoms with E-state index in [0.29, 0.717) is 12.5 Å². The Balaban J connectivity index is 2.35. The number of nitriles is 1. The molecule has 1 heterocycles. The molecule has 3 heteroatoms. The molecule has 1 aromatic rings. The molecule has 0 aliphatic rings. The molecular formula is C12H18N2S.